The molecule has 6 heteroatoms. The van der Waals surface area contributed by atoms with Gasteiger partial charge in [0.2, 0.25) is 0 Å². The molecular formula is C19H23N3O3. The lowest BCUT2D eigenvalue weighted by molar-refractivity contribution is 0.0783. The summed E-state index contributed by atoms with van der Waals surface area (Å²) in [5.74, 6) is 1.95. The van der Waals surface area contributed by atoms with E-state index in [0.29, 0.717) is 12.2 Å². The minimum Gasteiger partial charge on any atom is -0.497 e. The summed E-state index contributed by atoms with van der Waals surface area (Å²) in [7, 11) is 3.34. The number of nitrogens with one attached hydrogen (secondary N) is 1. The molecule has 25 heavy (non-hydrogen) atoms. The largest absolute Gasteiger partial charge is 0.497 e. The quantitative estimate of drug-likeness (QED) is 0.928. The average molecular weight is 341 g/mol. The van der Waals surface area contributed by atoms with E-state index in [1.807, 2.05) is 23.1 Å². The van der Waals surface area contributed by atoms with Gasteiger partial charge in [0.25, 0.3) is 5.91 Å². The van der Waals surface area contributed by atoms with Gasteiger partial charge in [0.05, 0.1) is 14.2 Å². The van der Waals surface area contributed by atoms with Gasteiger partial charge in [-0.15, -0.1) is 0 Å². The number of methoxy groups -OCH3 is 2. The molecule has 1 atom stereocenters. The zero-order valence-corrected chi connectivity index (χ0v) is 14.7. The molecule has 0 bridgehead atoms. The number of aromatic amines is 1. The van der Waals surface area contributed by atoms with Crippen LogP contribution in [0.15, 0.2) is 18.2 Å². The maximum absolute atomic E-state index is 12.9. The van der Waals surface area contributed by atoms with Gasteiger partial charge in [-0.2, -0.15) is 5.10 Å². The first-order valence-electron chi connectivity index (χ1n) is 8.78. The van der Waals surface area contributed by atoms with Crippen LogP contribution < -0.4 is 9.47 Å². The van der Waals surface area contributed by atoms with Crippen molar-refractivity contribution < 1.29 is 14.3 Å². The Balaban J connectivity index is 1.54. The highest BCUT2D eigenvalue weighted by Gasteiger charge is 2.33. The molecule has 6 nitrogen and oxygen atoms in total. The normalized spacial score (nSPS) is 19.1. The second-order valence-corrected chi connectivity index (χ2v) is 6.73. The minimum absolute atomic E-state index is 0.0452. The van der Waals surface area contributed by atoms with Gasteiger partial charge in [0.1, 0.15) is 11.5 Å². The van der Waals surface area contributed by atoms with Crippen LogP contribution in [-0.2, 0) is 12.8 Å². The van der Waals surface area contributed by atoms with Crippen LogP contribution in [0.5, 0.6) is 11.5 Å². The third-order valence-corrected chi connectivity index (χ3v) is 5.36. The number of H-pyrrole nitrogens is 1. The van der Waals surface area contributed by atoms with E-state index in [2.05, 4.69) is 10.2 Å². The van der Waals surface area contributed by atoms with Crippen molar-refractivity contribution in [3.63, 3.8) is 0 Å². The molecule has 1 N–H and O–H groups in total. The Labute approximate surface area is 147 Å². The van der Waals surface area contributed by atoms with Crippen molar-refractivity contribution in [3.8, 4) is 11.5 Å². The van der Waals surface area contributed by atoms with Crippen molar-refractivity contribution in [3.05, 3.63) is 40.7 Å². The second kappa shape index (κ2) is 6.43. The number of ether oxygens (including phenoxy) is 2. The second-order valence-electron chi connectivity index (χ2n) is 6.73. The fourth-order valence-corrected chi connectivity index (χ4v) is 4.00. The topological polar surface area (TPSA) is 67.5 Å². The average Bonchev–Trinajstić information content (AvgIpc) is 3.36. The van der Waals surface area contributed by atoms with E-state index < -0.39 is 0 Å². The van der Waals surface area contributed by atoms with Gasteiger partial charge in [-0.1, -0.05) is 0 Å². The van der Waals surface area contributed by atoms with Crippen molar-refractivity contribution in [2.75, 3.05) is 27.3 Å². The molecule has 1 amide bonds. The number of fused-ring (bicyclic) bond motifs is 1. The van der Waals surface area contributed by atoms with Gasteiger partial charge >= 0.3 is 0 Å². The van der Waals surface area contributed by atoms with Crippen LogP contribution in [0.25, 0.3) is 0 Å². The van der Waals surface area contributed by atoms with Gasteiger partial charge in [-0.25, -0.2) is 0 Å². The minimum atomic E-state index is 0.0452. The van der Waals surface area contributed by atoms with E-state index in [9.17, 15) is 4.79 Å². The van der Waals surface area contributed by atoms with Gasteiger partial charge in [-0.05, 0) is 43.9 Å². The van der Waals surface area contributed by atoms with Crippen LogP contribution in [0.1, 0.15) is 46.1 Å². The molecule has 4 rings (SSSR count). The molecule has 2 aromatic rings. The maximum atomic E-state index is 12.9. The molecule has 1 aliphatic heterocycles. The van der Waals surface area contributed by atoms with Gasteiger partial charge < -0.3 is 14.4 Å². The van der Waals surface area contributed by atoms with Gasteiger partial charge in [0.15, 0.2) is 5.69 Å². The van der Waals surface area contributed by atoms with E-state index in [-0.39, 0.29) is 11.8 Å². The van der Waals surface area contributed by atoms with E-state index in [4.69, 9.17) is 9.47 Å². The Bertz CT molecular complexity index is 799. The van der Waals surface area contributed by atoms with E-state index >= 15 is 0 Å². The SMILES string of the molecule is COc1ccc(OC)c(C2CCN(C(=O)c3n[nH]c4c3CCC4)C2)c1. The first-order valence-corrected chi connectivity index (χ1v) is 8.78. The number of likely N-dealkylation sites (tertiary alicyclic amines) is 1. The fraction of sp³-hybridized carbons (Fsp3) is 0.474. The van der Waals surface area contributed by atoms with Crippen molar-refractivity contribution in [1.82, 2.24) is 15.1 Å². The predicted octanol–water partition coefficient (Wildman–Crippen LogP) is 2.55. The Morgan fingerprint density at radius 2 is 2.16 bits per heavy atom. The third kappa shape index (κ3) is 2.75. The molecule has 1 aromatic carbocycles. The molecule has 2 aliphatic rings. The molecule has 1 aromatic heterocycles. The number of amides is 1. The van der Waals surface area contributed by atoms with E-state index in [0.717, 1.165) is 60.5 Å². The number of aryl methyl sites for hydroxylation is 1. The first kappa shape index (κ1) is 16.0. The summed E-state index contributed by atoms with van der Waals surface area (Å²) >= 11 is 0. The Hall–Kier alpha value is -2.50. The fourth-order valence-electron chi connectivity index (χ4n) is 4.00. The van der Waals surface area contributed by atoms with Crippen LogP contribution in [0.4, 0.5) is 0 Å². The molecule has 0 spiro atoms. The van der Waals surface area contributed by atoms with Crippen molar-refractivity contribution in [2.24, 2.45) is 0 Å². The summed E-state index contributed by atoms with van der Waals surface area (Å²) in [4.78, 5) is 14.8. The predicted molar refractivity (Wildman–Crippen MR) is 93.4 cm³/mol. The molecule has 1 unspecified atom stereocenters. The number of rotatable bonds is 4. The molecule has 1 saturated heterocycles. The first-order chi connectivity index (χ1) is 12.2. The summed E-state index contributed by atoms with van der Waals surface area (Å²) in [6.45, 7) is 1.43. The summed E-state index contributed by atoms with van der Waals surface area (Å²) in [6, 6.07) is 5.84. The number of nitrogens with zero attached hydrogens (tertiary/aromatic N) is 2. The molecule has 0 radical (unpaired) electrons. The van der Waals surface area contributed by atoms with E-state index in [1.54, 1.807) is 14.2 Å². The number of carbonyl (C=O) groups excluding carboxylic acids is 1. The third-order valence-electron chi connectivity index (χ3n) is 5.36. The lowest BCUT2D eigenvalue weighted by Gasteiger charge is -2.18. The number of hydrogen-bond acceptors (Lipinski definition) is 4. The number of hydrogen-bond donors (Lipinski definition) is 1. The van der Waals surface area contributed by atoms with Crippen LogP contribution in [0.2, 0.25) is 0 Å². The van der Waals surface area contributed by atoms with Crippen molar-refractivity contribution in [2.45, 2.75) is 31.6 Å². The molecular weight excluding hydrogens is 318 g/mol. The summed E-state index contributed by atoms with van der Waals surface area (Å²) in [5.41, 5.74) is 3.97. The summed E-state index contributed by atoms with van der Waals surface area (Å²) < 4.78 is 10.9. The molecule has 1 fully saturated rings. The van der Waals surface area contributed by atoms with Gasteiger partial charge in [-0.3, -0.25) is 9.89 Å². The smallest absolute Gasteiger partial charge is 0.274 e. The zero-order chi connectivity index (χ0) is 17.4. The lowest BCUT2D eigenvalue weighted by Crippen LogP contribution is -2.29. The molecule has 2 heterocycles. The number of aromatic nitrogens is 2. The zero-order valence-electron chi connectivity index (χ0n) is 14.7. The van der Waals surface area contributed by atoms with Crippen molar-refractivity contribution >= 4 is 5.91 Å². The standard InChI is InChI=1S/C19H23N3O3/c1-24-13-6-7-17(25-2)15(10-13)12-8-9-22(11-12)19(23)18-14-4-3-5-16(14)20-21-18/h6-7,10,12H,3-5,8-9,11H2,1-2H3,(H,20,21). The van der Waals surface area contributed by atoms with Crippen LogP contribution in [-0.4, -0.2) is 48.3 Å². The summed E-state index contributed by atoms with van der Waals surface area (Å²) in [5, 5.41) is 7.31. The van der Waals surface area contributed by atoms with Crippen LogP contribution in [0.3, 0.4) is 0 Å². The van der Waals surface area contributed by atoms with Crippen molar-refractivity contribution in [1.29, 1.82) is 0 Å². The van der Waals surface area contributed by atoms with E-state index in [1.165, 1.54) is 0 Å². The highest BCUT2D eigenvalue weighted by Crippen LogP contribution is 2.36. The highest BCUT2D eigenvalue weighted by atomic mass is 16.5. The Morgan fingerprint density at radius 1 is 1.28 bits per heavy atom. The Kier molecular flexibility index (Phi) is 4.11. The number of benzene rings is 1. The maximum Gasteiger partial charge on any atom is 0.274 e. The summed E-state index contributed by atoms with van der Waals surface area (Å²) in [6.07, 6.45) is 3.97. The monoisotopic (exact) mass is 341 g/mol. The number of carbonyl (C=O) groups is 1. The van der Waals surface area contributed by atoms with Gasteiger partial charge in [0, 0.05) is 35.8 Å². The highest BCUT2D eigenvalue weighted by molar-refractivity contribution is 5.94. The lowest BCUT2D eigenvalue weighted by atomic mass is 9.97. The molecule has 132 valence electrons. The van der Waals surface area contributed by atoms with Crippen LogP contribution >= 0.6 is 0 Å². The Morgan fingerprint density at radius 3 is 2.96 bits per heavy atom. The van der Waals surface area contributed by atoms with Crippen LogP contribution in [0, 0.1) is 0 Å². The molecule has 0 saturated carbocycles. The molecule has 1 aliphatic carbocycles.